The minimum absolute atomic E-state index is 0.0545. The highest BCUT2D eigenvalue weighted by atomic mass is 16.3. The van der Waals surface area contributed by atoms with Gasteiger partial charge in [0.1, 0.15) is 0 Å². The Morgan fingerprint density at radius 1 is 0.667 bits per heavy atom. The molecule has 0 fully saturated rings. The normalized spacial score (nSPS) is 20.7. The third-order valence-electron chi connectivity index (χ3n) is 6.92. The molecule has 0 aromatic heterocycles. The summed E-state index contributed by atoms with van der Waals surface area (Å²) in [4.78, 5) is 0. The van der Waals surface area contributed by atoms with Gasteiger partial charge in [-0.1, -0.05) is 27.7 Å². The Morgan fingerprint density at radius 2 is 1.00 bits per heavy atom. The van der Waals surface area contributed by atoms with Gasteiger partial charge >= 0.3 is 0 Å². The van der Waals surface area contributed by atoms with Gasteiger partial charge in [0.05, 0.1) is 0 Å². The zero-order valence-corrected chi connectivity index (χ0v) is 16.9. The molecule has 2 aliphatic rings. The summed E-state index contributed by atoms with van der Waals surface area (Å²) in [6.45, 7) is 12.4. The third-order valence-corrected chi connectivity index (χ3v) is 6.92. The van der Waals surface area contributed by atoms with Crippen LogP contribution in [0.4, 0.5) is 0 Å². The van der Waals surface area contributed by atoms with Crippen molar-refractivity contribution in [3.63, 3.8) is 0 Å². The maximum atomic E-state index is 10.4. The van der Waals surface area contributed by atoms with Gasteiger partial charge in [-0.3, -0.25) is 0 Å². The Morgan fingerprint density at radius 3 is 1.33 bits per heavy atom. The van der Waals surface area contributed by atoms with E-state index in [1.807, 2.05) is 13.8 Å². The van der Waals surface area contributed by atoms with Crippen LogP contribution in [-0.2, 0) is 16.2 Å². The van der Waals surface area contributed by atoms with Crippen LogP contribution in [0.1, 0.15) is 73.9 Å². The number of phenols is 4. The smallest absolute Gasteiger partial charge is 0.160 e. The largest absolute Gasteiger partial charge is 0.504 e. The van der Waals surface area contributed by atoms with E-state index in [0.717, 1.165) is 46.2 Å². The van der Waals surface area contributed by atoms with Crippen LogP contribution in [-0.4, -0.2) is 20.4 Å². The Hall–Kier alpha value is -2.36. The van der Waals surface area contributed by atoms with Gasteiger partial charge < -0.3 is 20.4 Å². The minimum Gasteiger partial charge on any atom is -0.504 e. The zero-order valence-electron chi connectivity index (χ0n) is 16.9. The molecule has 0 atom stereocenters. The summed E-state index contributed by atoms with van der Waals surface area (Å²) >= 11 is 0. The molecule has 1 spiro atoms. The second-order valence-electron chi connectivity index (χ2n) is 9.79. The molecule has 144 valence electrons. The second kappa shape index (κ2) is 4.92. The van der Waals surface area contributed by atoms with E-state index in [1.165, 1.54) is 0 Å². The summed E-state index contributed by atoms with van der Waals surface area (Å²) in [6, 6.07) is 3.41. The number of hydrogen-bond acceptors (Lipinski definition) is 4. The van der Waals surface area contributed by atoms with Crippen molar-refractivity contribution >= 4 is 0 Å². The Bertz CT molecular complexity index is 917. The lowest BCUT2D eigenvalue weighted by Crippen LogP contribution is -2.26. The Labute approximate surface area is 160 Å². The molecule has 0 unspecified atom stereocenters. The van der Waals surface area contributed by atoms with E-state index in [-0.39, 0.29) is 39.2 Å². The first-order chi connectivity index (χ1) is 12.3. The molecule has 0 radical (unpaired) electrons. The van der Waals surface area contributed by atoms with Crippen molar-refractivity contribution in [2.24, 2.45) is 0 Å². The van der Waals surface area contributed by atoms with Crippen LogP contribution in [0.3, 0.4) is 0 Å². The minimum atomic E-state index is -0.371. The molecule has 27 heavy (non-hydrogen) atoms. The number of aromatic hydroxyl groups is 4. The molecule has 2 aliphatic carbocycles. The summed E-state index contributed by atoms with van der Waals surface area (Å²) in [5.74, 6) is -0.314. The summed E-state index contributed by atoms with van der Waals surface area (Å²) in [5, 5.41) is 41.4. The first-order valence-corrected chi connectivity index (χ1v) is 9.46. The van der Waals surface area contributed by atoms with Gasteiger partial charge in [-0.05, 0) is 83.0 Å². The third kappa shape index (κ3) is 2.04. The van der Waals surface area contributed by atoms with E-state index < -0.39 is 0 Å². The van der Waals surface area contributed by atoms with Crippen LogP contribution in [0.2, 0.25) is 0 Å². The molecular weight excluding hydrogens is 340 g/mol. The highest BCUT2D eigenvalue weighted by Crippen LogP contribution is 2.66. The Kier molecular flexibility index (Phi) is 3.28. The average molecular weight is 368 g/mol. The maximum Gasteiger partial charge on any atom is 0.160 e. The summed E-state index contributed by atoms with van der Waals surface area (Å²) in [7, 11) is 0. The van der Waals surface area contributed by atoms with Gasteiger partial charge in [0.2, 0.25) is 0 Å². The van der Waals surface area contributed by atoms with Crippen LogP contribution < -0.4 is 0 Å². The van der Waals surface area contributed by atoms with E-state index in [1.54, 1.807) is 12.1 Å². The van der Waals surface area contributed by atoms with E-state index in [0.29, 0.717) is 0 Å². The lowest BCUT2D eigenvalue weighted by molar-refractivity contribution is 0.348. The van der Waals surface area contributed by atoms with Crippen molar-refractivity contribution in [2.45, 2.75) is 70.6 Å². The number of rotatable bonds is 0. The summed E-state index contributed by atoms with van der Waals surface area (Å²) < 4.78 is 0. The van der Waals surface area contributed by atoms with Crippen molar-refractivity contribution in [1.29, 1.82) is 0 Å². The SMILES string of the molecule is Cc1c(O)c(O)cc2c1C(C)(C)CC21CC(C)(C)c2c1cc(O)c(O)c2C. The van der Waals surface area contributed by atoms with Crippen LogP contribution in [0, 0.1) is 13.8 Å². The second-order valence-corrected chi connectivity index (χ2v) is 9.79. The van der Waals surface area contributed by atoms with E-state index in [2.05, 4.69) is 27.7 Å². The van der Waals surface area contributed by atoms with Crippen molar-refractivity contribution in [1.82, 2.24) is 0 Å². The maximum absolute atomic E-state index is 10.4. The molecule has 0 aliphatic heterocycles. The van der Waals surface area contributed by atoms with Gasteiger partial charge in [-0.25, -0.2) is 0 Å². The van der Waals surface area contributed by atoms with Crippen LogP contribution >= 0.6 is 0 Å². The van der Waals surface area contributed by atoms with Crippen LogP contribution in [0.15, 0.2) is 12.1 Å². The lowest BCUT2D eigenvalue weighted by atomic mass is 9.72. The van der Waals surface area contributed by atoms with Crippen LogP contribution in [0.25, 0.3) is 0 Å². The van der Waals surface area contributed by atoms with E-state index >= 15 is 0 Å². The summed E-state index contributed by atoms with van der Waals surface area (Å²) in [6.07, 6.45) is 1.64. The summed E-state index contributed by atoms with van der Waals surface area (Å²) in [5.41, 5.74) is 4.89. The number of fused-ring (bicyclic) bond motifs is 4. The molecule has 4 nitrogen and oxygen atoms in total. The number of phenolic OH excluding ortho intramolecular Hbond substituents is 4. The van der Waals surface area contributed by atoms with Crippen molar-refractivity contribution in [2.75, 3.05) is 0 Å². The average Bonchev–Trinajstić information content (AvgIpc) is 2.89. The number of hydrogen-bond donors (Lipinski definition) is 4. The van der Waals surface area contributed by atoms with E-state index in [4.69, 9.17) is 0 Å². The fourth-order valence-corrected chi connectivity index (χ4v) is 6.35. The van der Waals surface area contributed by atoms with Gasteiger partial charge in [0, 0.05) is 5.41 Å². The molecule has 2 aromatic carbocycles. The van der Waals surface area contributed by atoms with Gasteiger partial charge in [-0.2, -0.15) is 0 Å². The highest BCUT2D eigenvalue weighted by Gasteiger charge is 2.57. The lowest BCUT2D eigenvalue weighted by Gasteiger charge is -2.30. The van der Waals surface area contributed by atoms with Crippen LogP contribution in [0.5, 0.6) is 23.0 Å². The van der Waals surface area contributed by atoms with Gasteiger partial charge in [0.15, 0.2) is 23.0 Å². The van der Waals surface area contributed by atoms with Crippen molar-refractivity contribution < 1.29 is 20.4 Å². The molecule has 0 saturated carbocycles. The Balaban J connectivity index is 2.14. The van der Waals surface area contributed by atoms with Gasteiger partial charge in [-0.15, -0.1) is 0 Å². The highest BCUT2D eigenvalue weighted by molar-refractivity contribution is 5.69. The molecule has 0 bridgehead atoms. The van der Waals surface area contributed by atoms with E-state index in [9.17, 15) is 20.4 Å². The van der Waals surface area contributed by atoms with Crippen molar-refractivity contribution in [3.8, 4) is 23.0 Å². The quantitative estimate of drug-likeness (QED) is 0.505. The topological polar surface area (TPSA) is 80.9 Å². The molecule has 4 heteroatoms. The van der Waals surface area contributed by atoms with Gasteiger partial charge in [0.25, 0.3) is 0 Å². The molecule has 0 heterocycles. The number of benzene rings is 2. The molecule has 4 N–H and O–H groups in total. The fraction of sp³-hybridized carbons (Fsp3) is 0.478. The first kappa shape index (κ1) is 18.0. The molecule has 0 saturated heterocycles. The monoisotopic (exact) mass is 368 g/mol. The fourth-order valence-electron chi connectivity index (χ4n) is 6.35. The standard InChI is InChI=1S/C23H28O4/c1-11-17-13(7-15(24)19(11)26)23(9-21(17,3)4)10-22(5,6)18-12(2)20(27)16(25)8-14(18)23/h7-8,24-27H,9-10H2,1-6H3. The zero-order chi connectivity index (χ0) is 20.1. The van der Waals surface area contributed by atoms with Crippen molar-refractivity contribution in [3.05, 3.63) is 45.5 Å². The first-order valence-electron chi connectivity index (χ1n) is 9.46. The predicted octanol–water partition coefficient (Wildman–Crippen LogP) is 4.77. The predicted molar refractivity (Wildman–Crippen MR) is 105 cm³/mol. The molecule has 2 aromatic rings. The molecular formula is C23H28O4. The molecule has 4 rings (SSSR count). The molecule has 0 amide bonds.